The third-order valence-corrected chi connectivity index (χ3v) is 3.56. The highest BCUT2D eigenvalue weighted by atomic mass is 79.9. The summed E-state index contributed by atoms with van der Waals surface area (Å²) in [6.45, 7) is 4.31. The number of hydrogen-bond donors (Lipinski definition) is 1. The van der Waals surface area contributed by atoms with Gasteiger partial charge in [-0.25, -0.2) is 13.5 Å². The third-order valence-electron chi connectivity index (χ3n) is 2.98. The van der Waals surface area contributed by atoms with Crippen molar-refractivity contribution < 1.29 is 8.78 Å². The molecule has 2 aromatic rings. The Kier molecular flexibility index (Phi) is 3.73. The zero-order chi connectivity index (χ0) is 14.2. The van der Waals surface area contributed by atoms with Crippen LogP contribution in [0.4, 0.5) is 8.78 Å². The first-order chi connectivity index (χ1) is 8.85. The van der Waals surface area contributed by atoms with Crippen molar-refractivity contribution >= 4 is 15.9 Å². The molecule has 0 saturated heterocycles. The van der Waals surface area contributed by atoms with E-state index in [-0.39, 0.29) is 11.1 Å². The minimum Gasteiger partial charge on any atom is -0.330 e. The van der Waals surface area contributed by atoms with E-state index in [9.17, 15) is 8.78 Å². The Balaban J connectivity index is 2.51. The number of benzene rings is 1. The van der Waals surface area contributed by atoms with Gasteiger partial charge < -0.3 is 5.73 Å². The molecule has 2 rings (SSSR count). The normalized spacial score (nSPS) is 11.9. The van der Waals surface area contributed by atoms with Crippen molar-refractivity contribution in [1.29, 1.82) is 0 Å². The van der Waals surface area contributed by atoms with Gasteiger partial charge in [-0.15, -0.1) is 0 Å². The minimum atomic E-state index is -0.660. The Labute approximate surface area is 118 Å². The molecule has 0 aliphatic heterocycles. The van der Waals surface area contributed by atoms with Gasteiger partial charge in [-0.2, -0.15) is 5.10 Å². The average molecular weight is 330 g/mol. The van der Waals surface area contributed by atoms with Crippen LogP contribution in [-0.4, -0.2) is 16.3 Å². The standard InChI is InChI=1S/C13H14BrF2N3/c1-13(2,7-17)12-9(14)6-19(18-12)11-4-3-8(15)5-10(11)16/h3-6H,7,17H2,1-2H3. The molecule has 0 unspecified atom stereocenters. The molecule has 0 aliphatic rings. The van der Waals surface area contributed by atoms with E-state index in [0.29, 0.717) is 6.54 Å². The Morgan fingerprint density at radius 1 is 1.37 bits per heavy atom. The zero-order valence-corrected chi connectivity index (χ0v) is 12.2. The molecule has 0 spiro atoms. The molecule has 0 saturated carbocycles. The second-order valence-corrected chi connectivity index (χ2v) is 5.81. The molecular formula is C13H14BrF2N3. The number of hydrogen-bond acceptors (Lipinski definition) is 2. The second kappa shape index (κ2) is 5.02. The number of nitrogens with zero attached hydrogens (tertiary/aromatic N) is 2. The molecule has 0 bridgehead atoms. The summed E-state index contributed by atoms with van der Waals surface area (Å²) < 4.78 is 28.7. The smallest absolute Gasteiger partial charge is 0.151 e. The molecule has 6 heteroatoms. The predicted molar refractivity (Wildman–Crippen MR) is 73.3 cm³/mol. The van der Waals surface area contributed by atoms with Crippen molar-refractivity contribution in [2.75, 3.05) is 6.54 Å². The maximum atomic E-state index is 13.7. The van der Waals surface area contributed by atoms with Crippen LogP contribution in [0.5, 0.6) is 0 Å². The fourth-order valence-corrected chi connectivity index (χ4v) is 2.51. The van der Waals surface area contributed by atoms with E-state index in [4.69, 9.17) is 5.73 Å². The van der Waals surface area contributed by atoms with Crippen LogP contribution in [0.2, 0.25) is 0 Å². The van der Waals surface area contributed by atoms with Crippen LogP contribution < -0.4 is 5.73 Å². The molecule has 102 valence electrons. The second-order valence-electron chi connectivity index (χ2n) is 4.95. The Bertz CT molecular complexity index is 608. The molecule has 2 N–H and O–H groups in total. The van der Waals surface area contributed by atoms with E-state index in [2.05, 4.69) is 21.0 Å². The van der Waals surface area contributed by atoms with Gasteiger partial charge in [-0.3, -0.25) is 0 Å². The van der Waals surface area contributed by atoms with E-state index in [1.807, 2.05) is 13.8 Å². The third kappa shape index (κ3) is 2.69. The summed E-state index contributed by atoms with van der Waals surface area (Å²) in [5, 5.41) is 4.34. The van der Waals surface area contributed by atoms with E-state index < -0.39 is 11.6 Å². The Morgan fingerprint density at radius 2 is 2.05 bits per heavy atom. The lowest BCUT2D eigenvalue weighted by molar-refractivity contribution is 0.511. The summed E-state index contributed by atoms with van der Waals surface area (Å²) in [6, 6.07) is 3.38. The zero-order valence-electron chi connectivity index (χ0n) is 10.6. The van der Waals surface area contributed by atoms with Gasteiger partial charge in [0, 0.05) is 24.2 Å². The summed E-state index contributed by atoms with van der Waals surface area (Å²) in [6.07, 6.45) is 1.64. The van der Waals surface area contributed by atoms with Gasteiger partial charge in [-0.1, -0.05) is 13.8 Å². The first kappa shape index (κ1) is 14.1. The maximum absolute atomic E-state index is 13.7. The van der Waals surface area contributed by atoms with E-state index in [1.54, 1.807) is 6.20 Å². The van der Waals surface area contributed by atoms with Gasteiger partial charge in [0.1, 0.15) is 11.5 Å². The highest BCUT2D eigenvalue weighted by molar-refractivity contribution is 9.10. The van der Waals surface area contributed by atoms with Crippen molar-refractivity contribution in [3.05, 3.63) is 46.2 Å². The van der Waals surface area contributed by atoms with Crippen LogP contribution in [0, 0.1) is 11.6 Å². The molecule has 1 heterocycles. The molecular weight excluding hydrogens is 316 g/mol. The summed E-state index contributed by atoms with van der Waals surface area (Å²) in [5.41, 5.74) is 6.31. The highest BCUT2D eigenvalue weighted by Gasteiger charge is 2.25. The van der Waals surface area contributed by atoms with Gasteiger partial charge >= 0.3 is 0 Å². The first-order valence-electron chi connectivity index (χ1n) is 5.76. The summed E-state index contributed by atoms with van der Waals surface area (Å²) in [7, 11) is 0. The van der Waals surface area contributed by atoms with Gasteiger partial charge in [-0.05, 0) is 28.1 Å². The largest absolute Gasteiger partial charge is 0.330 e. The Hall–Kier alpha value is -1.27. The molecule has 0 atom stereocenters. The molecule has 0 amide bonds. The number of aromatic nitrogens is 2. The molecule has 1 aromatic heterocycles. The fraction of sp³-hybridized carbons (Fsp3) is 0.308. The van der Waals surface area contributed by atoms with Crippen LogP contribution in [0.1, 0.15) is 19.5 Å². The van der Waals surface area contributed by atoms with Crippen LogP contribution in [0.25, 0.3) is 5.69 Å². The van der Waals surface area contributed by atoms with Crippen LogP contribution >= 0.6 is 15.9 Å². The van der Waals surface area contributed by atoms with Crippen molar-refractivity contribution in [3.8, 4) is 5.69 Å². The van der Waals surface area contributed by atoms with Crippen molar-refractivity contribution in [1.82, 2.24) is 9.78 Å². The number of halogens is 3. The van der Waals surface area contributed by atoms with Gasteiger partial charge in [0.2, 0.25) is 0 Å². The molecule has 19 heavy (non-hydrogen) atoms. The first-order valence-corrected chi connectivity index (χ1v) is 6.55. The molecule has 0 aliphatic carbocycles. The number of nitrogens with two attached hydrogens (primary N) is 1. The quantitative estimate of drug-likeness (QED) is 0.940. The van der Waals surface area contributed by atoms with Crippen molar-refractivity contribution in [2.24, 2.45) is 5.73 Å². The van der Waals surface area contributed by atoms with Crippen molar-refractivity contribution in [3.63, 3.8) is 0 Å². The monoisotopic (exact) mass is 329 g/mol. The number of rotatable bonds is 3. The van der Waals surface area contributed by atoms with Crippen molar-refractivity contribution in [2.45, 2.75) is 19.3 Å². The Morgan fingerprint density at radius 3 is 2.63 bits per heavy atom. The van der Waals surface area contributed by atoms with E-state index in [0.717, 1.165) is 16.2 Å². The van der Waals surface area contributed by atoms with Gasteiger partial charge in [0.25, 0.3) is 0 Å². The predicted octanol–water partition coefficient (Wildman–Crippen LogP) is 3.15. The molecule has 0 radical (unpaired) electrons. The summed E-state index contributed by atoms with van der Waals surface area (Å²) >= 11 is 3.39. The molecule has 3 nitrogen and oxygen atoms in total. The van der Waals surface area contributed by atoms with Crippen LogP contribution in [0.15, 0.2) is 28.9 Å². The lowest BCUT2D eigenvalue weighted by Gasteiger charge is -2.20. The van der Waals surface area contributed by atoms with Gasteiger partial charge in [0.15, 0.2) is 5.82 Å². The molecule has 0 fully saturated rings. The van der Waals surface area contributed by atoms with Crippen LogP contribution in [-0.2, 0) is 5.41 Å². The van der Waals surface area contributed by atoms with E-state index >= 15 is 0 Å². The van der Waals surface area contributed by atoms with E-state index in [1.165, 1.54) is 16.8 Å². The lowest BCUT2D eigenvalue weighted by Crippen LogP contribution is -2.29. The average Bonchev–Trinajstić information content (AvgIpc) is 2.72. The van der Waals surface area contributed by atoms with Gasteiger partial charge in [0.05, 0.1) is 10.2 Å². The summed E-state index contributed by atoms with van der Waals surface area (Å²) in [5.74, 6) is -1.28. The molecule has 1 aromatic carbocycles. The highest BCUT2D eigenvalue weighted by Crippen LogP contribution is 2.29. The SMILES string of the molecule is CC(C)(CN)c1nn(-c2ccc(F)cc2F)cc1Br. The minimum absolute atomic E-state index is 0.196. The lowest BCUT2D eigenvalue weighted by atomic mass is 9.90. The maximum Gasteiger partial charge on any atom is 0.151 e. The fourth-order valence-electron chi connectivity index (χ4n) is 1.70. The van der Waals surface area contributed by atoms with Crippen LogP contribution in [0.3, 0.4) is 0 Å². The summed E-state index contributed by atoms with van der Waals surface area (Å²) in [4.78, 5) is 0. The topological polar surface area (TPSA) is 43.8 Å².